The molecule has 2 unspecified atom stereocenters. The van der Waals surface area contributed by atoms with Crippen LogP contribution in [0.3, 0.4) is 0 Å². The van der Waals surface area contributed by atoms with Gasteiger partial charge in [-0.3, -0.25) is 24.2 Å². The van der Waals surface area contributed by atoms with Crippen LogP contribution in [0.2, 0.25) is 0 Å². The summed E-state index contributed by atoms with van der Waals surface area (Å²) in [6, 6.07) is 14.1. The molecule has 0 spiro atoms. The van der Waals surface area contributed by atoms with Gasteiger partial charge in [0.25, 0.3) is 5.91 Å². The van der Waals surface area contributed by atoms with E-state index in [1.165, 1.54) is 46.3 Å². The normalized spacial score (nSPS) is 19.0. The number of anilines is 2. The Bertz CT molecular complexity index is 1580. The van der Waals surface area contributed by atoms with Crippen molar-refractivity contribution in [1.29, 1.82) is 5.26 Å². The number of nitrogens with one attached hydrogen (secondary N) is 1. The number of carbonyl (C=O) groups is 3. The molecule has 1 aliphatic heterocycles. The number of rotatable bonds is 7. The standard InChI is InChI=1S/C32H30F3N5O3/c1-20-5-2-3-8-25(20)29(30(42)38-23-11-14-32(34,35)15-12-23)39(24-7-4-6-22(33)18-24)31(43)26-9-10-28(41)40(26)27-17-21(19-36)13-16-37-27/h2-8,13,16-18,23,26,29H,9-12,14-15H2,1H3,(H,38,42). The summed E-state index contributed by atoms with van der Waals surface area (Å²) < 4.78 is 42.3. The molecule has 222 valence electrons. The Balaban J connectivity index is 1.59. The van der Waals surface area contributed by atoms with E-state index in [-0.39, 0.29) is 61.5 Å². The molecule has 3 amide bonds. The monoisotopic (exact) mass is 589 g/mol. The maximum absolute atomic E-state index is 14.6. The van der Waals surface area contributed by atoms with E-state index in [4.69, 9.17) is 0 Å². The van der Waals surface area contributed by atoms with Crippen molar-refractivity contribution >= 4 is 29.2 Å². The lowest BCUT2D eigenvalue weighted by molar-refractivity contribution is -0.128. The van der Waals surface area contributed by atoms with Crippen LogP contribution in [0.5, 0.6) is 0 Å². The molecule has 43 heavy (non-hydrogen) atoms. The summed E-state index contributed by atoms with van der Waals surface area (Å²) in [5.74, 6) is -4.98. The Morgan fingerprint density at radius 2 is 1.84 bits per heavy atom. The number of halogens is 3. The summed E-state index contributed by atoms with van der Waals surface area (Å²) in [5.41, 5.74) is 1.46. The average molecular weight is 590 g/mol. The van der Waals surface area contributed by atoms with Crippen molar-refractivity contribution in [3.05, 3.63) is 89.4 Å². The Morgan fingerprint density at radius 3 is 2.53 bits per heavy atom. The maximum Gasteiger partial charge on any atom is 0.251 e. The number of hydrogen-bond donors (Lipinski definition) is 1. The Kier molecular flexibility index (Phi) is 8.48. The van der Waals surface area contributed by atoms with Crippen molar-refractivity contribution in [2.45, 2.75) is 69.5 Å². The number of nitriles is 1. The van der Waals surface area contributed by atoms with Crippen LogP contribution in [-0.4, -0.2) is 40.7 Å². The second-order valence-corrected chi connectivity index (χ2v) is 10.9. The smallest absolute Gasteiger partial charge is 0.251 e. The summed E-state index contributed by atoms with van der Waals surface area (Å²) >= 11 is 0. The number of amides is 3. The van der Waals surface area contributed by atoms with E-state index >= 15 is 0 Å². The predicted molar refractivity (Wildman–Crippen MR) is 153 cm³/mol. The van der Waals surface area contributed by atoms with Crippen LogP contribution in [-0.2, 0) is 14.4 Å². The number of aromatic nitrogens is 1. The Hall–Kier alpha value is -4.72. The Labute approximate surface area is 247 Å². The van der Waals surface area contributed by atoms with Crippen LogP contribution < -0.4 is 15.1 Å². The van der Waals surface area contributed by atoms with Crippen molar-refractivity contribution in [1.82, 2.24) is 10.3 Å². The molecule has 2 heterocycles. The molecular formula is C32H30F3N5O3. The van der Waals surface area contributed by atoms with Gasteiger partial charge in [-0.2, -0.15) is 5.26 Å². The highest BCUT2D eigenvalue weighted by atomic mass is 19.3. The first-order valence-corrected chi connectivity index (χ1v) is 14.1. The highest BCUT2D eigenvalue weighted by Gasteiger charge is 2.45. The number of nitrogens with zero attached hydrogens (tertiary/aromatic N) is 4. The maximum atomic E-state index is 14.6. The summed E-state index contributed by atoms with van der Waals surface area (Å²) in [7, 11) is 0. The van der Waals surface area contributed by atoms with Crippen molar-refractivity contribution in [3.8, 4) is 6.07 Å². The zero-order chi connectivity index (χ0) is 30.7. The van der Waals surface area contributed by atoms with E-state index < -0.39 is 41.7 Å². The summed E-state index contributed by atoms with van der Waals surface area (Å²) in [4.78, 5) is 48.4. The highest BCUT2D eigenvalue weighted by molar-refractivity contribution is 6.10. The molecule has 2 aromatic carbocycles. The molecule has 8 nitrogen and oxygen atoms in total. The van der Waals surface area contributed by atoms with E-state index in [2.05, 4.69) is 10.3 Å². The van der Waals surface area contributed by atoms with Crippen LogP contribution in [0.4, 0.5) is 24.7 Å². The zero-order valence-electron chi connectivity index (χ0n) is 23.5. The van der Waals surface area contributed by atoms with Gasteiger partial charge in [0.05, 0.1) is 11.6 Å². The molecular weight excluding hydrogens is 559 g/mol. The molecule has 1 N–H and O–H groups in total. The van der Waals surface area contributed by atoms with Crippen molar-refractivity contribution < 1.29 is 27.6 Å². The number of alkyl halides is 2. The molecule has 3 aromatic rings. The fraction of sp³-hybridized carbons (Fsp3) is 0.344. The quantitative estimate of drug-likeness (QED) is 0.399. The van der Waals surface area contributed by atoms with Gasteiger partial charge in [0.15, 0.2) is 0 Å². The van der Waals surface area contributed by atoms with Crippen molar-refractivity contribution in [2.75, 3.05) is 9.80 Å². The third-order valence-corrected chi connectivity index (χ3v) is 8.00. The van der Waals surface area contributed by atoms with E-state index in [1.807, 2.05) is 6.07 Å². The number of aryl methyl sites for hydroxylation is 1. The fourth-order valence-corrected chi connectivity index (χ4v) is 5.77. The van der Waals surface area contributed by atoms with E-state index in [0.717, 1.165) is 6.07 Å². The fourth-order valence-electron chi connectivity index (χ4n) is 5.77. The Morgan fingerprint density at radius 1 is 1.09 bits per heavy atom. The highest BCUT2D eigenvalue weighted by Crippen LogP contribution is 2.37. The summed E-state index contributed by atoms with van der Waals surface area (Å²) in [5, 5.41) is 12.3. The number of pyridine rings is 1. The third-order valence-electron chi connectivity index (χ3n) is 8.00. The molecule has 0 radical (unpaired) electrons. The van der Waals surface area contributed by atoms with Gasteiger partial charge in [0.2, 0.25) is 17.7 Å². The minimum atomic E-state index is -2.80. The molecule has 2 atom stereocenters. The van der Waals surface area contributed by atoms with Gasteiger partial charge >= 0.3 is 0 Å². The van der Waals surface area contributed by atoms with Gasteiger partial charge in [-0.25, -0.2) is 18.2 Å². The summed E-state index contributed by atoms with van der Waals surface area (Å²) in [6.07, 6.45) is 0.881. The lowest BCUT2D eigenvalue weighted by atomic mass is 9.91. The van der Waals surface area contributed by atoms with Gasteiger partial charge in [-0.1, -0.05) is 30.3 Å². The SMILES string of the molecule is Cc1ccccc1C(C(=O)NC1CCC(F)(F)CC1)N(C(=O)C1CCC(=O)N1c1cc(C#N)ccn1)c1cccc(F)c1. The number of carbonyl (C=O) groups excluding carboxylic acids is 3. The van der Waals surface area contributed by atoms with Crippen LogP contribution >= 0.6 is 0 Å². The first-order chi connectivity index (χ1) is 20.6. The topological polar surface area (TPSA) is 106 Å². The van der Waals surface area contributed by atoms with Crippen molar-refractivity contribution in [3.63, 3.8) is 0 Å². The van der Waals surface area contributed by atoms with Crippen LogP contribution in [0, 0.1) is 24.1 Å². The van der Waals surface area contributed by atoms with Gasteiger partial charge in [0, 0.05) is 37.2 Å². The minimum Gasteiger partial charge on any atom is -0.351 e. The largest absolute Gasteiger partial charge is 0.351 e. The molecule has 1 saturated carbocycles. The van der Waals surface area contributed by atoms with Crippen LogP contribution in [0.1, 0.15) is 61.3 Å². The lowest BCUT2D eigenvalue weighted by Gasteiger charge is -2.37. The van der Waals surface area contributed by atoms with Crippen molar-refractivity contribution in [2.24, 2.45) is 0 Å². The van der Waals surface area contributed by atoms with Crippen LogP contribution in [0.15, 0.2) is 66.9 Å². The van der Waals surface area contributed by atoms with Gasteiger partial charge in [-0.15, -0.1) is 0 Å². The molecule has 1 aliphatic carbocycles. The predicted octanol–water partition coefficient (Wildman–Crippen LogP) is 5.36. The van der Waals surface area contributed by atoms with E-state index in [9.17, 15) is 32.8 Å². The lowest BCUT2D eigenvalue weighted by Crippen LogP contribution is -2.53. The number of benzene rings is 2. The molecule has 2 fully saturated rings. The second-order valence-electron chi connectivity index (χ2n) is 10.9. The number of hydrogen-bond acceptors (Lipinski definition) is 5. The van der Waals surface area contributed by atoms with E-state index in [0.29, 0.717) is 11.1 Å². The first kappa shape index (κ1) is 29.8. The molecule has 11 heteroatoms. The average Bonchev–Trinajstić information content (AvgIpc) is 3.38. The second kappa shape index (κ2) is 12.3. The van der Waals surface area contributed by atoms with Gasteiger partial charge < -0.3 is 5.32 Å². The third kappa shape index (κ3) is 6.38. The van der Waals surface area contributed by atoms with E-state index in [1.54, 1.807) is 31.2 Å². The molecule has 2 aliphatic rings. The van der Waals surface area contributed by atoms with Gasteiger partial charge in [-0.05, 0) is 67.6 Å². The van der Waals surface area contributed by atoms with Gasteiger partial charge in [0.1, 0.15) is 23.7 Å². The zero-order valence-corrected chi connectivity index (χ0v) is 23.5. The van der Waals surface area contributed by atoms with Crippen LogP contribution in [0.25, 0.3) is 0 Å². The minimum absolute atomic E-state index is 0.0172. The first-order valence-electron chi connectivity index (χ1n) is 14.1. The molecule has 0 bridgehead atoms. The summed E-state index contributed by atoms with van der Waals surface area (Å²) in [6.45, 7) is 1.77. The molecule has 1 saturated heterocycles. The molecule has 5 rings (SSSR count). The molecule has 1 aromatic heterocycles.